The van der Waals surface area contributed by atoms with Crippen LogP contribution >= 0.6 is 0 Å². The van der Waals surface area contributed by atoms with Crippen molar-refractivity contribution in [3.63, 3.8) is 0 Å². The Bertz CT molecular complexity index is 418. The van der Waals surface area contributed by atoms with Gasteiger partial charge in [-0.05, 0) is 53.3 Å². The van der Waals surface area contributed by atoms with Crippen molar-refractivity contribution in [2.24, 2.45) is 0 Å². The molecule has 7 nitrogen and oxygen atoms in total. The number of hydrogen-bond acceptors (Lipinski definition) is 6. The molecule has 1 rings (SSSR count). The van der Waals surface area contributed by atoms with Crippen molar-refractivity contribution in [1.29, 1.82) is 0 Å². The van der Waals surface area contributed by atoms with Crippen LogP contribution in [0.3, 0.4) is 0 Å². The van der Waals surface area contributed by atoms with E-state index in [9.17, 15) is 4.79 Å². The number of likely N-dealkylation sites (N-methyl/N-ethyl adjacent to an activating group) is 1. The van der Waals surface area contributed by atoms with Crippen molar-refractivity contribution in [2.75, 3.05) is 59.7 Å². The largest absolute Gasteiger partial charge is 0.367 e. The Labute approximate surface area is 126 Å². The summed E-state index contributed by atoms with van der Waals surface area (Å²) >= 11 is 0. The average Bonchev–Trinajstić information content (AvgIpc) is 2.43. The second-order valence-electron chi connectivity index (χ2n) is 5.45. The van der Waals surface area contributed by atoms with Gasteiger partial charge in [-0.2, -0.15) is 0 Å². The summed E-state index contributed by atoms with van der Waals surface area (Å²) in [5, 5.41) is 13.9. The Balaban J connectivity index is 2.33. The van der Waals surface area contributed by atoms with Crippen LogP contribution in [0.15, 0.2) is 12.1 Å². The molecule has 0 fully saturated rings. The van der Waals surface area contributed by atoms with E-state index in [-0.39, 0.29) is 5.91 Å². The lowest BCUT2D eigenvalue weighted by atomic mass is 10.3. The summed E-state index contributed by atoms with van der Waals surface area (Å²) in [5.74, 6) is 0.502. The van der Waals surface area contributed by atoms with E-state index in [0.717, 1.165) is 26.1 Å². The molecule has 0 aliphatic heterocycles. The van der Waals surface area contributed by atoms with E-state index in [4.69, 9.17) is 0 Å². The molecule has 1 heterocycles. The van der Waals surface area contributed by atoms with E-state index in [1.807, 2.05) is 28.2 Å². The summed E-state index contributed by atoms with van der Waals surface area (Å²) in [6.07, 6.45) is 0.913. The van der Waals surface area contributed by atoms with Gasteiger partial charge in [-0.25, -0.2) is 0 Å². The normalized spacial score (nSPS) is 11.0. The molecule has 1 amide bonds. The Morgan fingerprint density at radius 1 is 1.05 bits per heavy atom. The lowest BCUT2D eigenvalue weighted by Crippen LogP contribution is -2.28. The summed E-state index contributed by atoms with van der Waals surface area (Å²) in [4.78, 5) is 16.0. The maximum Gasteiger partial charge on any atom is 0.271 e. The van der Waals surface area contributed by atoms with Crippen LogP contribution in [0.4, 0.5) is 5.82 Å². The molecule has 118 valence electrons. The molecule has 0 saturated heterocycles. The number of hydrogen-bond donors (Lipinski definition) is 2. The maximum atomic E-state index is 11.8. The molecule has 1 aromatic heterocycles. The maximum absolute atomic E-state index is 11.8. The number of carbonyl (C=O) groups is 1. The van der Waals surface area contributed by atoms with Crippen LogP contribution in [0, 0.1) is 0 Å². The molecule has 0 atom stereocenters. The molecule has 7 heteroatoms. The SMILES string of the molecule is CN(C)CCCNC(=O)c1ccc(NCCN(C)C)nn1. The van der Waals surface area contributed by atoms with Gasteiger partial charge in [0.1, 0.15) is 5.82 Å². The molecule has 0 bridgehead atoms. The highest BCUT2D eigenvalue weighted by atomic mass is 16.1. The highest BCUT2D eigenvalue weighted by Crippen LogP contribution is 2.01. The number of nitrogens with zero attached hydrogens (tertiary/aromatic N) is 4. The van der Waals surface area contributed by atoms with Crippen LogP contribution in [0.5, 0.6) is 0 Å². The lowest BCUT2D eigenvalue weighted by molar-refractivity contribution is 0.0946. The molecule has 0 aliphatic carbocycles. The number of nitrogens with one attached hydrogen (secondary N) is 2. The molecule has 0 aromatic carbocycles. The zero-order valence-electron chi connectivity index (χ0n) is 13.4. The fourth-order valence-electron chi connectivity index (χ4n) is 1.64. The second-order valence-corrected chi connectivity index (χ2v) is 5.45. The highest BCUT2D eigenvalue weighted by Gasteiger charge is 2.07. The molecule has 0 aliphatic rings. The van der Waals surface area contributed by atoms with Crippen LogP contribution in [0.25, 0.3) is 0 Å². The molecular weight excluding hydrogens is 268 g/mol. The molecule has 2 N–H and O–H groups in total. The van der Waals surface area contributed by atoms with Gasteiger partial charge in [0.05, 0.1) is 0 Å². The van der Waals surface area contributed by atoms with Crippen molar-refractivity contribution in [3.05, 3.63) is 17.8 Å². The third-order valence-electron chi connectivity index (χ3n) is 2.83. The fraction of sp³-hybridized carbons (Fsp3) is 0.643. The summed E-state index contributed by atoms with van der Waals surface area (Å²) < 4.78 is 0. The Kier molecular flexibility index (Phi) is 7.63. The van der Waals surface area contributed by atoms with Crippen molar-refractivity contribution in [2.45, 2.75) is 6.42 Å². The number of carbonyl (C=O) groups excluding carboxylic acids is 1. The fourth-order valence-corrected chi connectivity index (χ4v) is 1.64. The molecule has 0 radical (unpaired) electrons. The smallest absolute Gasteiger partial charge is 0.271 e. The first-order chi connectivity index (χ1) is 9.99. The van der Waals surface area contributed by atoms with Gasteiger partial charge in [0.2, 0.25) is 0 Å². The monoisotopic (exact) mass is 294 g/mol. The van der Waals surface area contributed by atoms with Gasteiger partial charge in [-0.15, -0.1) is 10.2 Å². The molecule has 0 saturated carbocycles. The molecular formula is C14H26N6O. The van der Waals surface area contributed by atoms with E-state index in [0.29, 0.717) is 18.1 Å². The van der Waals surface area contributed by atoms with Gasteiger partial charge in [-0.1, -0.05) is 0 Å². The zero-order chi connectivity index (χ0) is 15.7. The number of anilines is 1. The molecule has 0 unspecified atom stereocenters. The molecule has 21 heavy (non-hydrogen) atoms. The predicted octanol–water partition coefficient (Wildman–Crippen LogP) is 0.132. The Hall–Kier alpha value is -1.73. The standard InChI is InChI=1S/C14H26N6O/c1-19(2)10-5-8-16-14(21)12-6-7-13(18-17-12)15-9-11-20(3)4/h6-7H,5,8-11H2,1-4H3,(H,15,18)(H,16,21). The van der Waals surface area contributed by atoms with Gasteiger partial charge in [0, 0.05) is 19.6 Å². The predicted molar refractivity (Wildman–Crippen MR) is 84.6 cm³/mol. The minimum Gasteiger partial charge on any atom is -0.367 e. The van der Waals surface area contributed by atoms with Gasteiger partial charge in [-0.3, -0.25) is 4.79 Å². The Morgan fingerprint density at radius 2 is 1.76 bits per heavy atom. The Morgan fingerprint density at radius 3 is 2.33 bits per heavy atom. The summed E-state index contributed by atoms with van der Waals surface area (Å²) in [6, 6.07) is 3.46. The van der Waals surface area contributed by atoms with Crippen molar-refractivity contribution < 1.29 is 4.79 Å². The lowest BCUT2D eigenvalue weighted by Gasteiger charge is -2.11. The zero-order valence-corrected chi connectivity index (χ0v) is 13.4. The van der Waals surface area contributed by atoms with Gasteiger partial charge < -0.3 is 20.4 Å². The van der Waals surface area contributed by atoms with E-state index in [2.05, 4.69) is 30.6 Å². The van der Waals surface area contributed by atoms with Gasteiger partial charge in [0.25, 0.3) is 5.91 Å². The summed E-state index contributed by atoms with van der Waals surface area (Å²) in [7, 11) is 8.04. The van der Waals surface area contributed by atoms with Gasteiger partial charge >= 0.3 is 0 Å². The van der Waals surface area contributed by atoms with Crippen molar-refractivity contribution >= 4 is 11.7 Å². The van der Waals surface area contributed by atoms with Crippen molar-refractivity contribution in [3.8, 4) is 0 Å². The van der Waals surface area contributed by atoms with Crippen LogP contribution in [0.1, 0.15) is 16.9 Å². The van der Waals surface area contributed by atoms with E-state index in [1.54, 1.807) is 12.1 Å². The number of aromatic nitrogens is 2. The number of rotatable bonds is 9. The number of amides is 1. The topological polar surface area (TPSA) is 73.4 Å². The third kappa shape index (κ3) is 7.57. The summed E-state index contributed by atoms with van der Waals surface area (Å²) in [5.41, 5.74) is 0.345. The first-order valence-corrected chi connectivity index (χ1v) is 7.14. The van der Waals surface area contributed by atoms with Crippen molar-refractivity contribution in [1.82, 2.24) is 25.3 Å². The highest BCUT2D eigenvalue weighted by molar-refractivity contribution is 5.92. The average molecular weight is 294 g/mol. The second kappa shape index (κ2) is 9.25. The van der Waals surface area contributed by atoms with Crippen LogP contribution < -0.4 is 10.6 Å². The van der Waals surface area contributed by atoms with E-state index in [1.165, 1.54) is 0 Å². The minimum absolute atomic E-state index is 0.180. The first kappa shape index (κ1) is 17.3. The van der Waals surface area contributed by atoms with E-state index >= 15 is 0 Å². The third-order valence-corrected chi connectivity index (χ3v) is 2.83. The molecule has 0 spiro atoms. The van der Waals surface area contributed by atoms with Crippen LogP contribution in [-0.4, -0.2) is 80.3 Å². The molecule has 1 aromatic rings. The minimum atomic E-state index is -0.180. The van der Waals surface area contributed by atoms with Crippen LogP contribution in [0.2, 0.25) is 0 Å². The van der Waals surface area contributed by atoms with E-state index < -0.39 is 0 Å². The van der Waals surface area contributed by atoms with Gasteiger partial charge in [0.15, 0.2) is 5.69 Å². The van der Waals surface area contributed by atoms with Crippen LogP contribution in [-0.2, 0) is 0 Å². The summed E-state index contributed by atoms with van der Waals surface area (Å²) in [6.45, 7) is 3.29. The first-order valence-electron chi connectivity index (χ1n) is 7.14. The quantitative estimate of drug-likeness (QED) is 0.631.